The van der Waals surface area contributed by atoms with Gasteiger partial charge in [0.15, 0.2) is 0 Å². The van der Waals surface area contributed by atoms with Gasteiger partial charge in [0, 0.05) is 25.0 Å². The third-order valence-electron chi connectivity index (χ3n) is 4.00. The Morgan fingerprint density at radius 2 is 1.92 bits per heavy atom. The maximum absolute atomic E-state index is 13.7. The molecule has 0 spiro atoms. The van der Waals surface area contributed by atoms with Crippen molar-refractivity contribution in [1.82, 2.24) is 0 Å². The number of anilines is 2. The first-order chi connectivity index (χ1) is 12.0. The van der Waals surface area contributed by atoms with Crippen LogP contribution in [0, 0.1) is 11.6 Å². The Morgan fingerprint density at radius 3 is 2.60 bits per heavy atom. The van der Waals surface area contributed by atoms with E-state index < -0.39 is 23.1 Å². The maximum Gasteiger partial charge on any atom is 0.261 e. The van der Waals surface area contributed by atoms with Crippen molar-refractivity contribution < 1.29 is 23.1 Å². The molecule has 0 saturated heterocycles. The van der Waals surface area contributed by atoms with Crippen LogP contribution in [0.15, 0.2) is 36.4 Å². The molecule has 3 rings (SSSR count). The number of methoxy groups -OCH3 is 1. The maximum atomic E-state index is 13.7. The lowest BCUT2D eigenvalue weighted by Crippen LogP contribution is -2.32. The summed E-state index contributed by atoms with van der Waals surface area (Å²) in [6, 6.07) is 8.27. The van der Waals surface area contributed by atoms with Crippen LogP contribution in [-0.4, -0.2) is 32.1 Å². The number of benzene rings is 2. The zero-order valence-corrected chi connectivity index (χ0v) is 13.5. The minimum absolute atomic E-state index is 0.0452. The summed E-state index contributed by atoms with van der Waals surface area (Å²) in [6.45, 7) is 0.479. The number of nitrogens with zero attached hydrogens (tertiary/aromatic N) is 1. The molecule has 1 N–H and O–H groups in total. The minimum atomic E-state index is -0.935. The largest absolute Gasteiger partial charge is 0.375 e. The Kier molecular flexibility index (Phi) is 4.76. The molecule has 7 heteroatoms. The van der Waals surface area contributed by atoms with Crippen LogP contribution in [0.3, 0.4) is 0 Å². The van der Waals surface area contributed by atoms with E-state index in [0.717, 1.165) is 17.7 Å². The second kappa shape index (κ2) is 6.98. The smallest absolute Gasteiger partial charge is 0.261 e. The first-order valence-corrected chi connectivity index (χ1v) is 7.69. The van der Waals surface area contributed by atoms with Gasteiger partial charge in [-0.1, -0.05) is 12.1 Å². The molecular formula is C18H16F2N2O3. The molecule has 1 aliphatic heterocycles. The number of hydrogen-bond donors (Lipinski definition) is 1. The van der Waals surface area contributed by atoms with Crippen molar-refractivity contribution in [2.24, 2.45) is 0 Å². The van der Waals surface area contributed by atoms with Crippen molar-refractivity contribution in [3.05, 3.63) is 59.2 Å². The lowest BCUT2D eigenvalue weighted by molar-refractivity contribution is -0.122. The summed E-state index contributed by atoms with van der Waals surface area (Å²) in [5, 5.41) is 2.47. The van der Waals surface area contributed by atoms with Crippen LogP contribution in [0.25, 0.3) is 0 Å². The zero-order valence-electron chi connectivity index (χ0n) is 13.5. The minimum Gasteiger partial charge on any atom is -0.375 e. The van der Waals surface area contributed by atoms with Crippen LogP contribution in [-0.2, 0) is 16.0 Å². The van der Waals surface area contributed by atoms with E-state index >= 15 is 0 Å². The van der Waals surface area contributed by atoms with Crippen LogP contribution >= 0.6 is 0 Å². The monoisotopic (exact) mass is 346 g/mol. The average Bonchev–Trinajstić information content (AvgIpc) is 2.98. The predicted molar refractivity (Wildman–Crippen MR) is 88.7 cm³/mol. The normalized spacial score (nSPS) is 12.8. The van der Waals surface area contributed by atoms with Gasteiger partial charge in [-0.25, -0.2) is 8.78 Å². The number of hydrogen-bond acceptors (Lipinski definition) is 3. The summed E-state index contributed by atoms with van der Waals surface area (Å²) >= 11 is 0. The highest BCUT2D eigenvalue weighted by atomic mass is 19.1. The summed E-state index contributed by atoms with van der Waals surface area (Å²) in [6.07, 6.45) is 0.695. The van der Waals surface area contributed by atoms with Gasteiger partial charge in [-0.05, 0) is 36.2 Å². The molecule has 130 valence electrons. The topological polar surface area (TPSA) is 58.6 Å². The SMILES string of the molecule is COCC(=O)N1CCc2ccc(NC(=O)c3c(F)cccc3F)cc21. The first-order valence-electron chi connectivity index (χ1n) is 7.69. The van der Waals surface area contributed by atoms with Crippen molar-refractivity contribution in [2.45, 2.75) is 6.42 Å². The Labute approximate surface area is 143 Å². The first kappa shape index (κ1) is 17.0. The molecule has 0 radical (unpaired) electrons. The van der Waals surface area contributed by atoms with E-state index in [1.807, 2.05) is 0 Å². The van der Waals surface area contributed by atoms with Gasteiger partial charge in [-0.3, -0.25) is 9.59 Å². The van der Waals surface area contributed by atoms with Crippen LogP contribution < -0.4 is 10.2 Å². The fourth-order valence-corrected chi connectivity index (χ4v) is 2.83. The van der Waals surface area contributed by atoms with Gasteiger partial charge < -0.3 is 15.0 Å². The Hall–Kier alpha value is -2.80. The van der Waals surface area contributed by atoms with Crippen LogP contribution in [0.2, 0.25) is 0 Å². The van der Waals surface area contributed by atoms with E-state index in [9.17, 15) is 18.4 Å². The van der Waals surface area contributed by atoms with Crippen molar-refractivity contribution >= 4 is 23.2 Å². The molecule has 5 nitrogen and oxygen atoms in total. The van der Waals surface area contributed by atoms with Crippen molar-refractivity contribution in [3.8, 4) is 0 Å². The second-order valence-corrected chi connectivity index (χ2v) is 5.62. The molecular weight excluding hydrogens is 330 g/mol. The van der Waals surface area contributed by atoms with Gasteiger partial charge in [0.05, 0.1) is 0 Å². The van der Waals surface area contributed by atoms with E-state index in [-0.39, 0.29) is 12.5 Å². The molecule has 2 aromatic rings. The van der Waals surface area contributed by atoms with Gasteiger partial charge in [0.25, 0.3) is 11.8 Å². The lowest BCUT2D eigenvalue weighted by Gasteiger charge is -2.17. The van der Waals surface area contributed by atoms with Crippen molar-refractivity contribution in [3.63, 3.8) is 0 Å². The molecule has 0 aliphatic carbocycles. The van der Waals surface area contributed by atoms with Gasteiger partial charge in [-0.15, -0.1) is 0 Å². The fourth-order valence-electron chi connectivity index (χ4n) is 2.83. The molecule has 2 aromatic carbocycles. The Balaban J connectivity index is 1.84. The molecule has 0 aromatic heterocycles. The summed E-state index contributed by atoms with van der Waals surface area (Å²) in [5.41, 5.74) is 1.33. The number of nitrogens with one attached hydrogen (secondary N) is 1. The van der Waals surface area contributed by atoms with E-state index in [4.69, 9.17) is 4.74 Å². The number of ether oxygens (including phenoxy) is 1. The molecule has 0 atom stereocenters. The Morgan fingerprint density at radius 1 is 1.20 bits per heavy atom. The molecule has 25 heavy (non-hydrogen) atoms. The van der Waals surface area contributed by atoms with Gasteiger partial charge in [-0.2, -0.15) is 0 Å². The third kappa shape index (κ3) is 3.36. The van der Waals surface area contributed by atoms with Crippen molar-refractivity contribution in [2.75, 3.05) is 30.5 Å². The van der Waals surface area contributed by atoms with Gasteiger partial charge in [0.1, 0.15) is 23.8 Å². The predicted octanol–water partition coefficient (Wildman–Crippen LogP) is 2.75. The highest BCUT2D eigenvalue weighted by Gasteiger charge is 2.25. The highest BCUT2D eigenvalue weighted by molar-refractivity contribution is 6.05. The van der Waals surface area contributed by atoms with E-state index in [0.29, 0.717) is 24.3 Å². The molecule has 1 aliphatic rings. The van der Waals surface area contributed by atoms with Gasteiger partial charge in [0.2, 0.25) is 0 Å². The summed E-state index contributed by atoms with van der Waals surface area (Å²) in [5.74, 6) is -2.95. The third-order valence-corrected chi connectivity index (χ3v) is 4.00. The number of carbonyl (C=O) groups is 2. The van der Waals surface area contributed by atoms with E-state index in [1.54, 1.807) is 23.1 Å². The average molecular weight is 346 g/mol. The van der Waals surface area contributed by atoms with Crippen LogP contribution in [0.4, 0.5) is 20.2 Å². The highest BCUT2D eigenvalue weighted by Crippen LogP contribution is 2.31. The fraction of sp³-hybridized carbons (Fsp3) is 0.222. The van der Waals surface area contributed by atoms with Crippen LogP contribution in [0.1, 0.15) is 15.9 Å². The molecule has 0 saturated carbocycles. The molecule has 0 bridgehead atoms. The van der Waals surface area contributed by atoms with E-state index in [2.05, 4.69) is 5.32 Å². The number of carbonyl (C=O) groups excluding carboxylic acids is 2. The quantitative estimate of drug-likeness (QED) is 0.926. The molecule has 0 fully saturated rings. The lowest BCUT2D eigenvalue weighted by atomic mass is 10.1. The summed E-state index contributed by atoms with van der Waals surface area (Å²) in [7, 11) is 1.44. The second-order valence-electron chi connectivity index (χ2n) is 5.62. The Bertz CT molecular complexity index is 819. The number of fused-ring (bicyclic) bond motifs is 1. The summed E-state index contributed by atoms with van der Waals surface area (Å²) in [4.78, 5) is 25.8. The molecule has 2 amide bonds. The molecule has 0 unspecified atom stereocenters. The molecule has 1 heterocycles. The summed E-state index contributed by atoms with van der Waals surface area (Å²) < 4.78 is 32.3. The number of halogens is 2. The standard InChI is InChI=1S/C18H16F2N2O3/c1-25-10-16(23)22-8-7-11-5-6-12(9-15(11)22)21-18(24)17-13(19)3-2-4-14(17)20/h2-6,9H,7-8,10H2,1H3,(H,21,24). The van der Waals surface area contributed by atoms with Gasteiger partial charge >= 0.3 is 0 Å². The number of amides is 2. The van der Waals surface area contributed by atoms with E-state index in [1.165, 1.54) is 13.2 Å². The zero-order chi connectivity index (χ0) is 18.0. The number of rotatable bonds is 4. The van der Waals surface area contributed by atoms with Crippen molar-refractivity contribution in [1.29, 1.82) is 0 Å². The van der Waals surface area contributed by atoms with Crippen LogP contribution in [0.5, 0.6) is 0 Å².